The number of halogens is 4. The molecule has 108 valence electrons. The summed E-state index contributed by atoms with van der Waals surface area (Å²) in [6, 6.07) is 0. The molecule has 0 fully saturated rings. The summed E-state index contributed by atoms with van der Waals surface area (Å²) in [5.41, 5.74) is -1.61. The molecule has 1 aromatic carbocycles. The molecular weight excluding hydrogens is 316 g/mol. The Labute approximate surface area is 105 Å². The molecular formula is C7H6F4N2O4S2. The van der Waals surface area contributed by atoms with E-state index in [1.54, 1.807) is 0 Å². The van der Waals surface area contributed by atoms with Crippen molar-refractivity contribution < 1.29 is 34.7 Å². The molecule has 0 aliphatic rings. The highest BCUT2D eigenvalue weighted by molar-refractivity contribution is 7.93. The van der Waals surface area contributed by atoms with Gasteiger partial charge in [-0.3, -0.25) is 9.27 Å². The molecule has 1 aromatic rings. The SMILES string of the molecule is CS(=N)(=O)Nc1c(F)c(F)c(S(=O)(=O)O)c(F)c1F. The van der Waals surface area contributed by atoms with E-state index in [1.807, 2.05) is 0 Å². The number of rotatable bonds is 3. The first-order valence-corrected chi connectivity index (χ1v) is 7.62. The molecule has 1 unspecified atom stereocenters. The topological polar surface area (TPSA) is 107 Å². The highest BCUT2D eigenvalue weighted by Crippen LogP contribution is 2.31. The van der Waals surface area contributed by atoms with Crippen LogP contribution in [0.15, 0.2) is 4.90 Å². The second-order valence-electron chi connectivity index (χ2n) is 3.38. The van der Waals surface area contributed by atoms with Crippen molar-refractivity contribution in [2.45, 2.75) is 4.90 Å². The molecule has 6 nitrogen and oxygen atoms in total. The summed E-state index contributed by atoms with van der Waals surface area (Å²) in [4.78, 5) is -2.21. The van der Waals surface area contributed by atoms with Gasteiger partial charge in [-0.25, -0.2) is 26.6 Å². The molecule has 1 rings (SSSR count). The van der Waals surface area contributed by atoms with Gasteiger partial charge in [0, 0.05) is 6.26 Å². The molecule has 0 saturated carbocycles. The smallest absolute Gasteiger partial charge is 0.294 e. The van der Waals surface area contributed by atoms with Crippen LogP contribution in [-0.4, -0.2) is 23.4 Å². The highest BCUT2D eigenvalue weighted by Gasteiger charge is 2.32. The third kappa shape index (κ3) is 3.13. The van der Waals surface area contributed by atoms with Crippen LogP contribution < -0.4 is 4.72 Å². The molecule has 0 amide bonds. The fraction of sp³-hybridized carbons (Fsp3) is 0.143. The lowest BCUT2D eigenvalue weighted by atomic mass is 10.2. The third-order valence-electron chi connectivity index (χ3n) is 1.78. The Bertz CT molecular complexity index is 716. The molecule has 0 aliphatic carbocycles. The molecule has 0 saturated heterocycles. The van der Waals surface area contributed by atoms with Crippen LogP contribution in [0.1, 0.15) is 0 Å². The highest BCUT2D eigenvalue weighted by atomic mass is 32.2. The van der Waals surface area contributed by atoms with Crippen molar-refractivity contribution in [3.63, 3.8) is 0 Å². The molecule has 12 heteroatoms. The van der Waals surface area contributed by atoms with Crippen LogP contribution in [0.4, 0.5) is 23.2 Å². The first-order chi connectivity index (χ1) is 8.36. The standard InChI is InChI=1S/C7H6F4N2O4S2/c1-18(12,14)13-6-2(8)4(10)7(19(15,16)17)5(11)3(6)9/h1H3,(H2,12,13,14)(H,15,16,17). The van der Waals surface area contributed by atoms with E-state index < -0.39 is 53.9 Å². The number of nitrogens with one attached hydrogen (secondary N) is 2. The quantitative estimate of drug-likeness (QED) is 0.445. The van der Waals surface area contributed by atoms with Gasteiger partial charge in [-0.05, 0) is 0 Å². The Morgan fingerprint density at radius 1 is 1.00 bits per heavy atom. The van der Waals surface area contributed by atoms with Crippen LogP contribution in [0.2, 0.25) is 0 Å². The van der Waals surface area contributed by atoms with E-state index in [0.29, 0.717) is 6.26 Å². The van der Waals surface area contributed by atoms with Crippen LogP contribution >= 0.6 is 0 Å². The summed E-state index contributed by atoms with van der Waals surface area (Å²) < 4.78 is 102. The molecule has 0 bridgehead atoms. The minimum absolute atomic E-state index is 0.665. The predicted molar refractivity (Wildman–Crippen MR) is 56.5 cm³/mol. The largest absolute Gasteiger partial charge is 0.300 e. The number of benzene rings is 1. The van der Waals surface area contributed by atoms with Crippen molar-refractivity contribution in [3.05, 3.63) is 23.3 Å². The third-order valence-corrected chi connectivity index (χ3v) is 3.25. The maximum absolute atomic E-state index is 13.3. The number of anilines is 1. The molecule has 0 aromatic heterocycles. The van der Waals surface area contributed by atoms with Gasteiger partial charge in [0.2, 0.25) is 0 Å². The van der Waals surface area contributed by atoms with Crippen LogP contribution in [0.5, 0.6) is 0 Å². The predicted octanol–water partition coefficient (Wildman–Crippen LogP) is 1.49. The van der Waals surface area contributed by atoms with Gasteiger partial charge in [0.05, 0.1) is 0 Å². The number of hydrogen-bond donors (Lipinski definition) is 3. The van der Waals surface area contributed by atoms with Crippen molar-refractivity contribution in [2.24, 2.45) is 0 Å². The molecule has 1 atom stereocenters. The summed E-state index contributed by atoms with van der Waals surface area (Å²) in [5.74, 6) is -9.25. The Balaban J connectivity index is 3.77. The lowest BCUT2D eigenvalue weighted by molar-refractivity contribution is 0.407. The van der Waals surface area contributed by atoms with Crippen molar-refractivity contribution in [3.8, 4) is 0 Å². The Morgan fingerprint density at radius 2 is 1.37 bits per heavy atom. The molecule has 19 heavy (non-hydrogen) atoms. The minimum atomic E-state index is -5.55. The fourth-order valence-corrected chi connectivity index (χ4v) is 2.32. The van der Waals surface area contributed by atoms with Crippen LogP contribution in [0.3, 0.4) is 0 Å². The van der Waals surface area contributed by atoms with Gasteiger partial charge in [-0.15, -0.1) is 0 Å². The first-order valence-electron chi connectivity index (χ1n) is 4.21. The van der Waals surface area contributed by atoms with Crippen LogP contribution in [-0.2, 0) is 20.0 Å². The summed E-state index contributed by atoms with van der Waals surface area (Å²) in [5, 5.41) is 0. The van der Waals surface area contributed by atoms with Crippen molar-refractivity contribution >= 4 is 25.7 Å². The lowest BCUT2D eigenvalue weighted by Crippen LogP contribution is -2.16. The van der Waals surface area contributed by atoms with Gasteiger partial charge in [-0.1, -0.05) is 0 Å². The normalized spacial score (nSPS) is 15.1. The Morgan fingerprint density at radius 3 is 1.63 bits per heavy atom. The van der Waals surface area contributed by atoms with Crippen molar-refractivity contribution in [1.82, 2.24) is 0 Å². The van der Waals surface area contributed by atoms with E-state index in [2.05, 4.69) is 0 Å². The fourth-order valence-electron chi connectivity index (χ4n) is 1.12. The number of hydrogen-bond acceptors (Lipinski definition) is 4. The zero-order valence-corrected chi connectivity index (χ0v) is 10.6. The van der Waals surface area contributed by atoms with Crippen LogP contribution in [0, 0.1) is 28.0 Å². The molecule has 0 heterocycles. The van der Waals surface area contributed by atoms with E-state index >= 15 is 0 Å². The first kappa shape index (κ1) is 15.7. The van der Waals surface area contributed by atoms with Gasteiger partial charge in [0.15, 0.2) is 28.2 Å². The maximum atomic E-state index is 13.3. The average Bonchev–Trinajstić information content (AvgIpc) is 2.18. The van der Waals surface area contributed by atoms with Gasteiger partial charge in [0.25, 0.3) is 0 Å². The average molecular weight is 322 g/mol. The van der Waals surface area contributed by atoms with Crippen LogP contribution in [0.25, 0.3) is 0 Å². The summed E-state index contributed by atoms with van der Waals surface area (Å²) in [6.07, 6.45) is 0.665. The zero-order chi connectivity index (χ0) is 15.2. The van der Waals surface area contributed by atoms with E-state index in [4.69, 9.17) is 9.33 Å². The summed E-state index contributed by atoms with van der Waals surface area (Å²) >= 11 is 0. The van der Waals surface area contributed by atoms with Crippen molar-refractivity contribution in [1.29, 1.82) is 4.78 Å². The summed E-state index contributed by atoms with van der Waals surface area (Å²) in [6.45, 7) is 0. The second kappa shape index (κ2) is 4.61. The maximum Gasteiger partial charge on any atom is 0.300 e. The Hall–Kier alpha value is -1.40. The van der Waals surface area contributed by atoms with Gasteiger partial charge in [-0.2, -0.15) is 8.42 Å². The van der Waals surface area contributed by atoms with E-state index in [-0.39, 0.29) is 0 Å². The van der Waals surface area contributed by atoms with E-state index in [9.17, 15) is 30.2 Å². The minimum Gasteiger partial charge on any atom is -0.294 e. The zero-order valence-electron chi connectivity index (χ0n) is 9.00. The molecule has 0 spiro atoms. The summed E-state index contributed by atoms with van der Waals surface area (Å²) in [7, 11) is -9.32. The lowest BCUT2D eigenvalue weighted by Gasteiger charge is -2.12. The van der Waals surface area contributed by atoms with E-state index in [0.717, 1.165) is 0 Å². The van der Waals surface area contributed by atoms with Gasteiger partial charge in [0.1, 0.15) is 15.6 Å². The van der Waals surface area contributed by atoms with Gasteiger partial charge < -0.3 is 0 Å². The Kier molecular flexibility index (Phi) is 3.80. The van der Waals surface area contributed by atoms with Gasteiger partial charge >= 0.3 is 10.1 Å². The van der Waals surface area contributed by atoms with E-state index in [1.165, 1.54) is 4.72 Å². The molecule has 0 aliphatic heterocycles. The van der Waals surface area contributed by atoms with Crippen molar-refractivity contribution in [2.75, 3.05) is 11.0 Å². The second-order valence-corrected chi connectivity index (χ2v) is 6.63. The molecule has 0 radical (unpaired) electrons. The molecule has 3 N–H and O–H groups in total. The monoisotopic (exact) mass is 322 g/mol.